The van der Waals surface area contributed by atoms with E-state index in [1.807, 2.05) is 41.7 Å². The zero-order valence-electron chi connectivity index (χ0n) is 16.1. The Morgan fingerprint density at radius 3 is 2.00 bits per heavy atom. The van der Waals surface area contributed by atoms with E-state index in [9.17, 15) is 4.79 Å². The van der Waals surface area contributed by atoms with Gasteiger partial charge in [0.1, 0.15) is 0 Å². The van der Waals surface area contributed by atoms with Crippen molar-refractivity contribution < 1.29 is 4.79 Å². The summed E-state index contributed by atoms with van der Waals surface area (Å²) in [6, 6.07) is 14.4. The van der Waals surface area contributed by atoms with Gasteiger partial charge in [0.15, 0.2) is 5.78 Å². The van der Waals surface area contributed by atoms with Crippen molar-refractivity contribution in [3.63, 3.8) is 0 Å². The van der Waals surface area contributed by atoms with Gasteiger partial charge in [0.05, 0.1) is 12.1 Å². The lowest BCUT2D eigenvalue weighted by atomic mass is 9.91. The molecule has 0 amide bonds. The Balaban J connectivity index is 1.72. The SMILES string of the molecule is O=C(c1ccccc1)[C@H]([C@H](c1cccs1)N1CCCCC1)N1CCCCC1. The van der Waals surface area contributed by atoms with E-state index in [1.54, 1.807) is 0 Å². The third kappa shape index (κ3) is 4.34. The van der Waals surface area contributed by atoms with Crippen LogP contribution < -0.4 is 0 Å². The monoisotopic (exact) mass is 382 g/mol. The van der Waals surface area contributed by atoms with Crippen molar-refractivity contribution in [2.45, 2.75) is 50.6 Å². The minimum atomic E-state index is -0.0792. The van der Waals surface area contributed by atoms with E-state index in [0.717, 1.165) is 31.7 Å². The summed E-state index contributed by atoms with van der Waals surface area (Å²) in [7, 11) is 0. The predicted octanol–water partition coefficient (Wildman–Crippen LogP) is 5.01. The molecule has 2 fully saturated rings. The first-order valence-corrected chi connectivity index (χ1v) is 11.3. The molecule has 1 aromatic carbocycles. The van der Waals surface area contributed by atoms with Crippen LogP contribution in [0.15, 0.2) is 47.8 Å². The molecule has 1 aromatic heterocycles. The lowest BCUT2D eigenvalue weighted by molar-refractivity contribution is 0.0435. The Morgan fingerprint density at radius 2 is 1.41 bits per heavy atom. The van der Waals surface area contributed by atoms with Crippen LogP contribution >= 0.6 is 11.3 Å². The first kappa shape index (κ1) is 18.9. The summed E-state index contributed by atoms with van der Waals surface area (Å²) in [5.74, 6) is 0.293. The number of hydrogen-bond acceptors (Lipinski definition) is 4. The third-order valence-electron chi connectivity index (χ3n) is 6.03. The molecule has 4 rings (SSSR count). The van der Waals surface area contributed by atoms with Gasteiger partial charge in [-0.1, -0.05) is 49.2 Å². The second kappa shape index (κ2) is 9.13. The minimum absolute atomic E-state index is 0.0792. The van der Waals surface area contributed by atoms with Gasteiger partial charge in [0.25, 0.3) is 0 Å². The number of piperidine rings is 2. The number of rotatable bonds is 6. The van der Waals surface area contributed by atoms with Crippen molar-refractivity contribution in [3.8, 4) is 0 Å². The lowest BCUT2D eigenvalue weighted by Crippen LogP contribution is -2.53. The van der Waals surface area contributed by atoms with Crippen LogP contribution in [0.5, 0.6) is 0 Å². The number of hydrogen-bond donors (Lipinski definition) is 0. The van der Waals surface area contributed by atoms with Crippen molar-refractivity contribution in [1.29, 1.82) is 0 Å². The molecule has 0 bridgehead atoms. The fourth-order valence-corrected chi connectivity index (χ4v) is 5.56. The Labute approximate surface area is 167 Å². The van der Waals surface area contributed by atoms with Crippen molar-refractivity contribution in [2.75, 3.05) is 26.2 Å². The number of thiophene rings is 1. The highest BCUT2D eigenvalue weighted by molar-refractivity contribution is 7.10. The van der Waals surface area contributed by atoms with Gasteiger partial charge in [0.2, 0.25) is 0 Å². The molecule has 2 aliphatic rings. The van der Waals surface area contributed by atoms with E-state index in [2.05, 4.69) is 27.3 Å². The maximum atomic E-state index is 13.8. The third-order valence-corrected chi connectivity index (χ3v) is 6.97. The van der Waals surface area contributed by atoms with Crippen LogP contribution in [0.3, 0.4) is 0 Å². The summed E-state index contributed by atoms with van der Waals surface area (Å²) in [4.78, 5) is 20.2. The first-order chi connectivity index (χ1) is 13.3. The molecule has 3 nitrogen and oxygen atoms in total. The van der Waals surface area contributed by atoms with Crippen LogP contribution in [0.2, 0.25) is 0 Å². The highest BCUT2D eigenvalue weighted by atomic mass is 32.1. The van der Waals surface area contributed by atoms with Gasteiger partial charge in [0, 0.05) is 10.4 Å². The Morgan fingerprint density at radius 1 is 0.778 bits per heavy atom. The van der Waals surface area contributed by atoms with Crippen LogP contribution in [-0.2, 0) is 0 Å². The topological polar surface area (TPSA) is 23.6 Å². The van der Waals surface area contributed by atoms with E-state index in [0.29, 0.717) is 5.78 Å². The van der Waals surface area contributed by atoms with Crippen molar-refractivity contribution in [2.24, 2.45) is 0 Å². The smallest absolute Gasteiger partial charge is 0.181 e. The van der Waals surface area contributed by atoms with Gasteiger partial charge in [-0.25, -0.2) is 0 Å². The lowest BCUT2D eigenvalue weighted by Gasteiger charge is -2.44. The van der Waals surface area contributed by atoms with Gasteiger partial charge in [-0.15, -0.1) is 11.3 Å². The first-order valence-electron chi connectivity index (χ1n) is 10.5. The second-order valence-electron chi connectivity index (χ2n) is 7.83. The number of benzene rings is 1. The summed E-state index contributed by atoms with van der Waals surface area (Å²) >= 11 is 1.81. The average molecular weight is 383 g/mol. The summed E-state index contributed by atoms with van der Waals surface area (Å²) in [5, 5.41) is 2.16. The van der Waals surface area contributed by atoms with E-state index < -0.39 is 0 Å². The molecule has 0 spiro atoms. The summed E-state index contributed by atoms with van der Waals surface area (Å²) < 4.78 is 0. The van der Waals surface area contributed by atoms with Crippen molar-refractivity contribution in [3.05, 3.63) is 58.3 Å². The Hall–Kier alpha value is -1.49. The quantitative estimate of drug-likeness (QED) is 0.656. The molecular weight excluding hydrogens is 352 g/mol. The molecule has 2 saturated heterocycles. The van der Waals surface area contributed by atoms with Gasteiger partial charge in [-0.3, -0.25) is 14.6 Å². The highest BCUT2D eigenvalue weighted by Crippen LogP contribution is 2.35. The molecule has 0 unspecified atom stereocenters. The largest absolute Gasteiger partial charge is 0.294 e. The molecule has 27 heavy (non-hydrogen) atoms. The Bertz CT molecular complexity index is 703. The molecule has 2 atom stereocenters. The van der Waals surface area contributed by atoms with E-state index in [1.165, 1.54) is 43.4 Å². The number of Topliss-reactive ketones (excluding diaryl/α,β-unsaturated/α-hetero) is 1. The van der Waals surface area contributed by atoms with E-state index in [-0.39, 0.29) is 12.1 Å². The fraction of sp³-hybridized carbons (Fsp3) is 0.522. The van der Waals surface area contributed by atoms with Crippen molar-refractivity contribution in [1.82, 2.24) is 9.80 Å². The molecular formula is C23H30N2OS. The van der Waals surface area contributed by atoms with Gasteiger partial charge in [-0.2, -0.15) is 0 Å². The molecule has 0 aliphatic carbocycles. The maximum Gasteiger partial charge on any atom is 0.181 e. The number of likely N-dealkylation sites (tertiary alicyclic amines) is 2. The minimum Gasteiger partial charge on any atom is -0.294 e. The fourth-order valence-electron chi connectivity index (χ4n) is 4.67. The number of ketones is 1. The zero-order chi connectivity index (χ0) is 18.5. The standard InChI is InChI=1S/C23H30N2OS/c26-23(19-11-4-1-5-12-19)22(25-16-8-3-9-17-25)21(20-13-10-18-27-20)24-14-6-2-7-15-24/h1,4-5,10-13,18,21-22H,2-3,6-9,14-17H2/t21-,22-/m0/s1. The van der Waals surface area contributed by atoms with Crippen LogP contribution in [-0.4, -0.2) is 47.8 Å². The predicted molar refractivity (Wildman–Crippen MR) is 112 cm³/mol. The second-order valence-corrected chi connectivity index (χ2v) is 8.81. The van der Waals surface area contributed by atoms with Gasteiger partial charge in [-0.05, 0) is 63.3 Å². The van der Waals surface area contributed by atoms with Crippen LogP contribution in [0.4, 0.5) is 0 Å². The summed E-state index contributed by atoms with van der Waals surface area (Å²) in [6.07, 6.45) is 7.50. The Kier molecular flexibility index (Phi) is 6.38. The zero-order valence-corrected chi connectivity index (χ0v) is 16.9. The van der Waals surface area contributed by atoms with E-state index in [4.69, 9.17) is 0 Å². The molecule has 0 radical (unpaired) electrons. The van der Waals surface area contributed by atoms with E-state index >= 15 is 0 Å². The number of carbonyl (C=O) groups excluding carboxylic acids is 1. The molecule has 2 aliphatic heterocycles. The average Bonchev–Trinajstić information content (AvgIpc) is 3.28. The van der Waals surface area contributed by atoms with Gasteiger partial charge < -0.3 is 0 Å². The molecule has 0 N–H and O–H groups in total. The molecule has 3 heterocycles. The van der Waals surface area contributed by atoms with Crippen LogP contribution in [0, 0.1) is 0 Å². The molecule has 4 heteroatoms. The summed E-state index contributed by atoms with van der Waals surface area (Å²) in [6.45, 7) is 4.29. The normalized spacial score (nSPS) is 21.6. The molecule has 2 aromatic rings. The molecule has 0 saturated carbocycles. The highest BCUT2D eigenvalue weighted by Gasteiger charge is 2.39. The van der Waals surface area contributed by atoms with Gasteiger partial charge >= 0.3 is 0 Å². The summed E-state index contributed by atoms with van der Waals surface area (Å²) in [5.41, 5.74) is 0.853. The number of carbonyl (C=O) groups is 1. The van der Waals surface area contributed by atoms with Crippen LogP contribution in [0.25, 0.3) is 0 Å². The van der Waals surface area contributed by atoms with Crippen molar-refractivity contribution >= 4 is 17.1 Å². The van der Waals surface area contributed by atoms with Crippen LogP contribution in [0.1, 0.15) is 59.8 Å². The number of nitrogens with zero attached hydrogens (tertiary/aromatic N) is 2. The molecule has 144 valence electrons. The maximum absolute atomic E-state index is 13.8.